The van der Waals surface area contributed by atoms with Crippen molar-refractivity contribution in [3.05, 3.63) is 309 Å². The van der Waals surface area contributed by atoms with Gasteiger partial charge in [-0.15, -0.1) is 0 Å². The quantitative estimate of drug-likeness (QED) is 0.115. The Kier molecular flexibility index (Phi) is 11.9. The maximum atomic E-state index is 2.45. The van der Waals surface area contributed by atoms with Gasteiger partial charge < -0.3 is 24.2 Å². The van der Waals surface area contributed by atoms with Crippen LogP contribution in [0, 0.1) is 0 Å². The highest BCUT2D eigenvalue weighted by atomic mass is 15.2. The zero-order valence-corrected chi connectivity index (χ0v) is 41.2. The van der Waals surface area contributed by atoms with Crippen molar-refractivity contribution < 1.29 is 0 Å². The van der Waals surface area contributed by atoms with Gasteiger partial charge in [-0.25, -0.2) is 0 Å². The van der Waals surface area contributed by atoms with Gasteiger partial charge in [-0.3, -0.25) is 0 Å². The Morgan fingerprint density at radius 3 is 0.773 bits per heavy atom. The zero-order valence-electron chi connectivity index (χ0n) is 41.2. The van der Waals surface area contributed by atoms with Crippen molar-refractivity contribution in [3.63, 3.8) is 0 Å². The van der Waals surface area contributed by atoms with Crippen molar-refractivity contribution >= 4 is 101 Å². The Labute approximate surface area is 437 Å². The number of hydrogen-bond donors (Lipinski definition) is 0. The molecule has 13 rings (SSSR count). The van der Waals surface area contributed by atoms with Crippen molar-refractivity contribution in [1.82, 2.24) is 4.57 Å². The van der Waals surface area contributed by atoms with E-state index >= 15 is 0 Å². The zero-order chi connectivity index (χ0) is 49.9. The first-order valence-corrected chi connectivity index (χ1v) is 25.5. The summed E-state index contributed by atoms with van der Waals surface area (Å²) < 4.78 is 2.45. The van der Waals surface area contributed by atoms with Crippen LogP contribution < -0.4 is 19.6 Å². The van der Waals surface area contributed by atoms with E-state index in [4.69, 9.17) is 0 Å². The van der Waals surface area contributed by atoms with Crippen LogP contribution in [-0.2, 0) is 0 Å². The molecule has 0 spiro atoms. The van der Waals surface area contributed by atoms with Gasteiger partial charge in [0.1, 0.15) is 0 Å². The molecule has 0 saturated carbocycles. The summed E-state index contributed by atoms with van der Waals surface area (Å²) in [6.07, 6.45) is 0. The molecule has 0 aliphatic heterocycles. The summed E-state index contributed by atoms with van der Waals surface area (Å²) in [4.78, 5) is 9.35. The molecule has 1 heterocycles. The largest absolute Gasteiger partial charge is 0.311 e. The first-order valence-electron chi connectivity index (χ1n) is 25.5. The molecule has 356 valence electrons. The lowest BCUT2D eigenvalue weighted by atomic mass is 10.1. The lowest BCUT2D eigenvalue weighted by Crippen LogP contribution is -2.12. The van der Waals surface area contributed by atoms with Crippen LogP contribution in [0.1, 0.15) is 0 Å². The summed E-state index contributed by atoms with van der Waals surface area (Å²) in [5, 5.41) is 4.70. The van der Waals surface area contributed by atoms with Crippen molar-refractivity contribution in [2.24, 2.45) is 0 Å². The lowest BCUT2D eigenvalue weighted by Gasteiger charge is -2.28. The molecule has 5 heteroatoms. The molecule has 5 nitrogen and oxygen atoms in total. The van der Waals surface area contributed by atoms with E-state index in [-0.39, 0.29) is 0 Å². The van der Waals surface area contributed by atoms with Crippen LogP contribution in [-0.4, -0.2) is 4.57 Å². The van der Waals surface area contributed by atoms with Gasteiger partial charge in [0.25, 0.3) is 0 Å². The first-order chi connectivity index (χ1) is 37.2. The normalized spacial score (nSPS) is 11.2. The Hall–Kier alpha value is -10.1. The fourth-order valence-electron chi connectivity index (χ4n) is 10.7. The van der Waals surface area contributed by atoms with Crippen molar-refractivity contribution in [1.29, 1.82) is 0 Å². The molecule has 0 fully saturated rings. The Bertz CT molecular complexity index is 3720. The molecule has 13 aromatic rings. The number of aromatic nitrogens is 1. The van der Waals surface area contributed by atoms with Crippen LogP contribution in [0.15, 0.2) is 309 Å². The second-order valence-corrected chi connectivity index (χ2v) is 18.6. The van der Waals surface area contributed by atoms with Crippen LogP contribution in [0.2, 0.25) is 0 Å². The van der Waals surface area contributed by atoms with E-state index in [0.29, 0.717) is 0 Å². The molecule has 75 heavy (non-hydrogen) atoms. The van der Waals surface area contributed by atoms with Crippen LogP contribution >= 0.6 is 0 Å². The van der Waals surface area contributed by atoms with E-state index in [1.807, 2.05) is 0 Å². The van der Waals surface area contributed by atoms with Crippen LogP contribution in [0.3, 0.4) is 0 Å². The summed E-state index contributed by atoms with van der Waals surface area (Å²) in [5.41, 5.74) is 16.3. The predicted octanol–water partition coefficient (Wildman–Crippen LogP) is 19.8. The summed E-state index contributed by atoms with van der Waals surface area (Å²) in [6.45, 7) is 0. The highest BCUT2D eigenvalue weighted by molar-refractivity contribution is 6.13. The second kappa shape index (κ2) is 19.8. The molecule has 0 aliphatic rings. The number of rotatable bonds is 13. The molecule has 1 aromatic heterocycles. The molecule has 0 bridgehead atoms. The molecule has 0 amide bonds. The van der Waals surface area contributed by atoms with E-state index < -0.39 is 0 Å². The van der Waals surface area contributed by atoms with E-state index in [2.05, 4.69) is 334 Å². The van der Waals surface area contributed by atoms with Crippen molar-refractivity contribution in [3.8, 4) is 5.69 Å². The van der Waals surface area contributed by atoms with Gasteiger partial charge in [0.15, 0.2) is 0 Å². The van der Waals surface area contributed by atoms with E-state index in [9.17, 15) is 0 Å². The predicted molar refractivity (Wildman–Crippen MR) is 317 cm³/mol. The number of benzene rings is 12. The number of nitrogens with zero attached hydrogens (tertiary/aromatic N) is 5. The molecule has 0 atom stereocenters. The third-order valence-corrected chi connectivity index (χ3v) is 14.1. The van der Waals surface area contributed by atoms with Crippen LogP contribution in [0.4, 0.5) is 68.2 Å². The average Bonchev–Trinajstić information content (AvgIpc) is 3.82. The Morgan fingerprint density at radius 2 is 0.440 bits per heavy atom. The third kappa shape index (κ3) is 8.58. The summed E-state index contributed by atoms with van der Waals surface area (Å²) in [7, 11) is 0. The maximum Gasteiger partial charge on any atom is 0.0542 e. The average molecular weight is 962 g/mol. The third-order valence-electron chi connectivity index (χ3n) is 14.1. The fraction of sp³-hybridized carbons (Fsp3) is 0. The molecule has 0 aliphatic carbocycles. The SMILES string of the molecule is c1ccc(N(c2ccccc2)c2ccc(N(c3ccccc3)c3ccc4c(c3)c3cc(N(c5ccccc5)c5ccc(N(c6ccccc6)c6ccccc6)cc5)ccc3n4-c3cccc4ccccc34)cc2)cc1. The lowest BCUT2D eigenvalue weighted by molar-refractivity contribution is 1.19. The molecular weight excluding hydrogens is 911 g/mol. The maximum absolute atomic E-state index is 2.45. The van der Waals surface area contributed by atoms with Gasteiger partial charge >= 0.3 is 0 Å². The smallest absolute Gasteiger partial charge is 0.0542 e. The van der Waals surface area contributed by atoms with Gasteiger partial charge in [0, 0.05) is 84.4 Å². The fourth-order valence-corrected chi connectivity index (χ4v) is 10.7. The highest BCUT2D eigenvalue weighted by Gasteiger charge is 2.22. The second-order valence-electron chi connectivity index (χ2n) is 18.6. The number of anilines is 12. The van der Waals surface area contributed by atoms with Crippen LogP contribution in [0.5, 0.6) is 0 Å². The monoisotopic (exact) mass is 961 g/mol. The van der Waals surface area contributed by atoms with Gasteiger partial charge in [-0.05, 0) is 169 Å². The van der Waals surface area contributed by atoms with Crippen molar-refractivity contribution in [2.75, 3.05) is 19.6 Å². The number of para-hydroxylation sites is 6. The minimum atomic E-state index is 1.06. The molecule has 0 unspecified atom stereocenters. The summed E-state index contributed by atoms with van der Waals surface area (Å²) in [5.74, 6) is 0. The minimum Gasteiger partial charge on any atom is -0.311 e. The number of fused-ring (bicyclic) bond motifs is 4. The van der Waals surface area contributed by atoms with Crippen molar-refractivity contribution in [2.45, 2.75) is 0 Å². The first kappa shape index (κ1) is 44.8. The summed E-state index contributed by atoms with van der Waals surface area (Å²) in [6, 6.07) is 111. The molecule has 0 radical (unpaired) electrons. The summed E-state index contributed by atoms with van der Waals surface area (Å²) >= 11 is 0. The molecule has 0 saturated heterocycles. The molecule has 12 aromatic carbocycles. The van der Waals surface area contributed by atoms with Gasteiger partial charge in [0.05, 0.1) is 16.7 Å². The van der Waals surface area contributed by atoms with E-state index in [1.54, 1.807) is 0 Å². The van der Waals surface area contributed by atoms with Gasteiger partial charge in [-0.1, -0.05) is 146 Å². The molecule has 0 N–H and O–H groups in total. The standard InChI is InChI=1S/C70H51N5/c1-7-24-53(25-8-1)71(54-26-9-2-10-27-54)59-38-42-61(43-39-59)73(57-32-15-5-16-33-57)63-46-48-69-66(50-63)67-51-64(47-49-70(67)75(69)68-37-21-23-52-22-19-20-36-65(52)68)74(58-34-17-6-18-35-58)62-44-40-60(41-45-62)72(55-28-11-3-12-29-55)56-30-13-4-14-31-56/h1-51H. The van der Waals surface area contributed by atoms with E-state index in [0.717, 1.165) is 95.7 Å². The number of hydrogen-bond acceptors (Lipinski definition) is 4. The van der Waals surface area contributed by atoms with Gasteiger partial charge in [-0.2, -0.15) is 0 Å². The Balaban J connectivity index is 0.975. The topological polar surface area (TPSA) is 17.9 Å². The minimum absolute atomic E-state index is 1.06. The highest BCUT2D eigenvalue weighted by Crippen LogP contribution is 2.45. The van der Waals surface area contributed by atoms with E-state index in [1.165, 1.54) is 10.8 Å². The van der Waals surface area contributed by atoms with Crippen LogP contribution in [0.25, 0.3) is 38.3 Å². The molecular formula is C70H51N5. The Morgan fingerprint density at radius 1 is 0.187 bits per heavy atom. The van der Waals surface area contributed by atoms with Gasteiger partial charge in [0.2, 0.25) is 0 Å².